The van der Waals surface area contributed by atoms with E-state index in [2.05, 4.69) is 36.4 Å². The molecule has 124 valence electrons. The van der Waals surface area contributed by atoms with E-state index in [0.29, 0.717) is 11.5 Å². The SMILES string of the molecule is CC(N=C(NC#N)Nc1ccc(C(=O)N(C)C)cc1)C(C)(C)C. The summed E-state index contributed by atoms with van der Waals surface area (Å²) < 4.78 is 0. The molecule has 0 aromatic heterocycles. The van der Waals surface area contributed by atoms with Gasteiger partial charge < -0.3 is 10.2 Å². The Balaban J connectivity index is 2.92. The summed E-state index contributed by atoms with van der Waals surface area (Å²) in [6.45, 7) is 8.27. The quantitative estimate of drug-likeness (QED) is 0.389. The summed E-state index contributed by atoms with van der Waals surface area (Å²) in [5.41, 5.74) is 1.35. The van der Waals surface area contributed by atoms with Gasteiger partial charge in [0.1, 0.15) is 0 Å². The molecule has 23 heavy (non-hydrogen) atoms. The molecule has 6 nitrogen and oxygen atoms in total. The lowest BCUT2D eigenvalue weighted by atomic mass is 9.88. The second-order valence-corrected chi connectivity index (χ2v) is 6.66. The fourth-order valence-corrected chi connectivity index (χ4v) is 1.63. The van der Waals surface area contributed by atoms with Crippen LogP contribution in [0.25, 0.3) is 0 Å². The van der Waals surface area contributed by atoms with Gasteiger partial charge in [0.15, 0.2) is 6.19 Å². The summed E-state index contributed by atoms with van der Waals surface area (Å²) in [7, 11) is 3.42. The van der Waals surface area contributed by atoms with Gasteiger partial charge >= 0.3 is 0 Å². The number of hydrogen-bond acceptors (Lipinski definition) is 3. The van der Waals surface area contributed by atoms with E-state index >= 15 is 0 Å². The number of aliphatic imine (C=N–C) groups is 1. The third kappa shape index (κ3) is 5.62. The van der Waals surface area contributed by atoms with Crippen LogP contribution in [0.2, 0.25) is 0 Å². The van der Waals surface area contributed by atoms with Gasteiger partial charge in [0.2, 0.25) is 5.96 Å². The molecule has 0 heterocycles. The highest BCUT2D eigenvalue weighted by molar-refractivity contribution is 5.97. The molecule has 0 radical (unpaired) electrons. The molecule has 0 spiro atoms. The summed E-state index contributed by atoms with van der Waals surface area (Å²) >= 11 is 0. The molecular formula is C17H25N5O. The van der Waals surface area contributed by atoms with E-state index in [-0.39, 0.29) is 17.4 Å². The van der Waals surface area contributed by atoms with Crippen LogP contribution >= 0.6 is 0 Å². The van der Waals surface area contributed by atoms with E-state index < -0.39 is 0 Å². The Morgan fingerprint density at radius 3 is 2.26 bits per heavy atom. The van der Waals surface area contributed by atoms with Crippen LogP contribution in [0.3, 0.4) is 0 Å². The van der Waals surface area contributed by atoms with Crippen LogP contribution in [0.4, 0.5) is 5.69 Å². The summed E-state index contributed by atoms with van der Waals surface area (Å²) in [6.07, 6.45) is 1.89. The zero-order valence-corrected chi connectivity index (χ0v) is 14.6. The maximum atomic E-state index is 11.9. The summed E-state index contributed by atoms with van der Waals surface area (Å²) in [5.74, 6) is 0.337. The van der Waals surface area contributed by atoms with E-state index in [9.17, 15) is 4.79 Å². The zero-order chi connectivity index (χ0) is 17.6. The van der Waals surface area contributed by atoms with Gasteiger partial charge in [0.05, 0.1) is 6.04 Å². The van der Waals surface area contributed by atoms with Crippen LogP contribution in [0, 0.1) is 16.9 Å². The minimum absolute atomic E-state index is 0.00788. The lowest BCUT2D eigenvalue weighted by Gasteiger charge is -2.24. The number of nitrogens with zero attached hydrogens (tertiary/aromatic N) is 3. The van der Waals surface area contributed by atoms with Crippen molar-refractivity contribution >= 4 is 17.6 Å². The van der Waals surface area contributed by atoms with Gasteiger partial charge in [-0.3, -0.25) is 10.1 Å². The van der Waals surface area contributed by atoms with Gasteiger partial charge in [-0.25, -0.2) is 4.99 Å². The van der Waals surface area contributed by atoms with E-state index in [1.165, 1.54) is 4.90 Å². The minimum Gasteiger partial charge on any atom is -0.345 e. The van der Waals surface area contributed by atoms with Gasteiger partial charge in [-0.2, -0.15) is 5.26 Å². The van der Waals surface area contributed by atoms with Crippen molar-refractivity contribution in [2.75, 3.05) is 19.4 Å². The van der Waals surface area contributed by atoms with Crippen molar-refractivity contribution in [2.24, 2.45) is 10.4 Å². The molecule has 1 rings (SSSR count). The number of carbonyl (C=O) groups is 1. The molecule has 0 bridgehead atoms. The lowest BCUT2D eigenvalue weighted by Crippen LogP contribution is -2.31. The Bertz CT molecular complexity index is 605. The Morgan fingerprint density at radius 2 is 1.83 bits per heavy atom. The van der Waals surface area contributed by atoms with Gasteiger partial charge in [-0.1, -0.05) is 20.8 Å². The van der Waals surface area contributed by atoms with E-state index in [1.54, 1.807) is 38.4 Å². The number of nitriles is 1. The predicted molar refractivity (Wildman–Crippen MR) is 93.2 cm³/mol. The average molecular weight is 315 g/mol. The van der Waals surface area contributed by atoms with Crippen LogP contribution in [0.5, 0.6) is 0 Å². The molecule has 1 unspecified atom stereocenters. The van der Waals surface area contributed by atoms with Crippen molar-refractivity contribution in [1.29, 1.82) is 5.26 Å². The van der Waals surface area contributed by atoms with E-state index in [0.717, 1.165) is 5.69 Å². The molecule has 0 aliphatic carbocycles. The topological polar surface area (TPSA) is 80.5 Å². The van der Waals surface area contributed by atoms with Crippen molar-refractivity contribution in [2.45, 2.75) is 33.7 Å². The summed E-state index contributed by atoms with van der Waals surface area (Å²) in [5, 5.41) is 14.5. The minimum atomic E-state index is -0.0538. The second kappa shape index (κ2) is 7.63. The Morgan fingerprint density at radius 1 is 1.26 bits per heavy atom. The Labute approximate surface area is 138 Å². The van der Waals surface area contributed by atoms with Crippen LogP contribution in [0.1, 0.15) is 38.1 Å². The molecule has 0 fully saturated rings. The van der Waals surface area contributed by atoms with Crippen molar-refractivity contribution in [1.82, 2.24) is 10.2 Å². The number of benzene rings is 1. The Hall–Kier alpha value is -2.55. The molecule has 1 aromatic carbocycles. The van der Waals surface area contributed by atoms with Gasteiger partial charge in [-0.05, 0) is 36.6 Å². The van der Waals surface area contributed by atoms with Crippen LogP contribution in [0.15, 0.2) is 29.3 Å². The number of nitrogens with one attached hydrogen (secondary N) is 2. The third-order valence-corrected chi connectivity index (χ3v) is 3.55. The molecule has 1 atom stereocenters. The maximum Gasteiger partial charge on any atom is 0.253 e. The van der Waals surface area contributed by atoms with Gasteiger partial charge in [-0.15, -0.1) is 0 Å². The first-order valence-corrected chi connectivity index (χ1v) is 7.46. The molecule has 0 saturated heterocycles. The maximum absolute atomic E-state index is 11.9. The lowest BCUT2D eigenvalue weighted by molar-refractivity contribution is 0.0827. The molecule has 2 N–H and O–H groups in total. The summed E-state index contributed by atoms with van der Waals surface area (Å²) in [4.78, 5) is 17.9. The van der Waals surface area contributed by atoms with Crippen LogP contribution in [-0.4, -0.2) is 36.9 Å². The highest BCUT2D eigenvalue weighted by Gasteiger charge is 2.20. The highest BCUT2D eigenvalue weighted by Crippen LogP contribution is 2.21. The summed E-state index contributed by atoms with van der Waals surface area (Å²) in [6, 6.07) is 7.07. The highest BCUT2D eigenvalue weighted by atomic mass is 16.2. The number of amides is 1. The van der Waals surface area contributed by atoms with Crippen molar-refractivity contribution in [3.63, 3.8) is 0 Å². The van der Waals surface area contributed by atoms with Crippen molar-refractivity contribution in [3.05, 3.63) is 29.8 Å². The Kier molecular flexibility index (Phi) is 6.14. The molecular weight excluding hydrogens is 290 g/mol. The number of anilines is 1. The average Bonchev–Trinajstić information content (AvgIpc) is 2.46. The van der Waals surface area contributed by atoms with E-state index in [4.69, 9.17) is 5.26 Å². The molecule has 1 aromatic rings. The van der Waals surface area contributed by atoms with E-state index in [1.807, 2.05) is 13.1 Å². The zero-order valence-electron chi connectivity index (χ0n) is 14.6. The molecule has 1 amide bonds. The van der Waals surface area contributed by atoms with Crippen LogP contribution in [-0.2, 0) is 0 Å². The smallest absolute Gasteiger partial charge is 0.253 e. The molecule has 0 saturated carbocycles. The first-order chi connectivity index (χ1) is 10.6. The first-order valence-electron chi connectivity index (χ1n) is 7.46. The largest absolute Gasteiger partial charge is 0.345 e. The molecule has 0 aliphatic heterocycles. The van der Waals surface area contributed by atoms with Gasteiger partial charge in [0.25, 0.3) is 5.91 Å². The second-order valence-electron chi connectivity index (χ2n) is 6.66. The fourth-order valence-electron chi connectivity index (χ4n) is 1.63. The monoisotopic (exact) mass is 315 g/mol. The van der Waals surface area contributed by atoms with Crippen molar-refractivity contribution in [3.8, 4) is 6.19 Å². The fraction of sp³-hybridized carbons (Fsp3) is 0.471. The van der Waals surface area contributed by atoms with Gasteiger partial charge in [0, 0.05) is 25.3 Å². The van der Waals surface area contributed by atoms with Crippen molar-refractivity contribution < 1.29 is 4.79 Å². The number of guanidine groups is 1. The first kappa shape index (κ1) is 18.5. The third-order valence-electron chi connectivity index (χ3n) is 3.55. The number of hydrogen-bond donors (Lipinski definition) is 2. The predicted octanol–water partition coefficient (Wildman–Crippen LogP) is 2.66. The standard InChI is InChI=1S/C17H25N5O/c1-12(17(2,3)4)20-16(19-11-18)21-14-9-7-13(8-10-14)15(23)22(5)6/h7-10,12H,1-6H3,(H2,19,20,21). The normalized spacial score (nSPS) is 13.0. The number of carbonyl (C=O) groups excluding carboxylic acids is 1. The number of rotatable bonds is 3. The molecule has 0 aliphatic rings. The molecule has 6 heteroatoms. The van der Waals surface area contributed by atoms with Crippen LogP contribution < -0.4 is 10.6 Å².